The van der Waals surface area contributed by atoms with E-state index in [1.807, 2.05) is 31.2 Å². The van der Waals surface area contributed by atoms with Crippen LogP contribution < -0.4 is 10.1 Å². The highest BCUT2D eigenvalue weighted by atomic mass is 16.5. The third-order valence-electron chi connectivity index (χ3n) is 5.01. The zero-order chi connectivity index (χ0) is 18.1. The Kier molecular flexibility index (Phi) is 4.11. The van der Waals surface area contributed by atoms with Crippen molar-refractivity contribution < 1.29 is 14.3 Å². The lowest BCUT2D eigenvalue weighted by Gasteiger charge is -2.42. The number of amides is 2. The number of nitrogens with zero attached hydrogens (tertiary/aromatic N) is 2. The molecule has 26 heavy (non-hydrogen) atoms. The molecule has 0 radical (unpaired) electrons. The van der Waals surface area contributed by atoms with Crippen molar-refractivity contribution in [3.05, 3.63) is 59.4 Å². The van der Waals surface area contributed by atoms with E-state index in [2.05, 4.69) is 10.3 Å². The first-order valence-electron chi connectivity index (χ1n) is 8.85. The van der Waals surface area contributed by atoms with Gasteiger partial charge in [0.2, 0.25) is 0 Å². The number of fused-ring (bicyclic) bond motifs is 1. The molecule has 0 unspecified atom stereocenters. The van der Waals surface area contributed by atoms with Crippen molar-refractivity contribution in [1.82, 2.24) is 15.2 Å². The number of nitrogens with one attached hydrogen (secondary N) is 1. The average Bonchev–Trinajstić information content (AvgIpc) is 2.79. The Morgan fingerprint density at radius 3 is 2.92 bits per heavy atom. The highest BCUT2D eigenvalue weighted by Gasteiger charge is 2.42. The minimum Gasteiger partial charge on any atom is -0.483 e. The van der Waals surface area contributed by atoms with Crippen molar-refractivity contribution in [2.75, 3.05) is 19.6 Å². The summed E-state index contributed by atoms with van der Waals surface area (Å²) >= 11 is 0. The van der Waals surface area contributed by atoms with Gasteiger partial charge in [-0.05, 0) is 44.0 Å². The molecule has 0 bridgehead atoms. The number of carbonyl (C=O) groups is 2. The number of para-hydroxylation sites is 1. The summed E-state index contributed by atoms with van der Waals surface area (Å²) in [5.74, 6) is 0.390. The lowest BCUT2D eigenvalue weighted by Crippen LogP contribution is -2.57. The molecule has 2 aliphatic heterocycles. The second-order valence-corrected chi connectivity index (χ2v) is 6.98. The van der Waals surface area contributed by atoms with Crippen LogP contribution in [0.1, 0.15) is 39.3 Å². The van der Waals surface area contributed by atoms with Gasteiger partial charge in [-0.3, -0.25) is 14.6 Å². The molecule has 6 heteroatoms. The first kappa shape index (κ1) is 16.6. The van der Waals surface area contributed by atoms with Crippen molar-refractivity contribution in [3.8, 4) is 5.75 Å². The van der Waals surface area contributed by atoms with E-state index in [0.717, 1.165) is 18.5 Å². The minimum absolute atomic E-state index is 0.0518. The Bertz CT molecular complexity index is 850. The topological polar surface area (TPSA) is 71.5 Å². The molecule has 1 aromatic carbocycles. The molecular formula is C20H21N3O3. The van der Waals surface area contributed by atoms with Gasteiger partial charge in [0.1, 0.15) is 11.4 Å². The molecule has 4 rings (SSSR count). The molecule has 0 aliphatic carbocycles. The predicted molar refractivity (Wildman–Crippen MR) is 96.2 cm³/mol. The van der Waals surface area contributed by atoms with Crippen LogP contribution >= 0.6 is 0 Å². The van der Waals surface area contributed by atoms with Gasteiger partial charge >= 0.3 is 0 Å². The van der Waals surface area contributed by atoms with Crippen molar-refractivity contribution in [2.24, 2.45) is 0 Å². The number of aryl methyl sites for hydroxylation is 1. The Morgan fingerprint density at radius 2 is 2.12 bits per heavy atom. The molecule has 2 amide bonds. The van der Waals surface area contributed by atoms with Crippen LogP contribution in [0.5, 0.6) is 5.75 Å². The number of rotatable bonds is 1. The van der Waals surface area contributed by atoms with E-state index in [-0.39, 0.29) is 11.8 Å². The summed E-state index contributed by atoms with van der Waals surface area (Å²) in [6.45, 7) is 3.39. The average molecular weight is 351 g/mol. The van der Waals surface area contributed by atoms with Gasteiger partial charge in [0.05, 0.1) is 24.2 Å². The summed E-state index contributed by atoms with van der Waals surface area (Å²) in [6.07, 6.45) is 3.23. The number of pyridine rings is 1. The monoisotopic (exact) mass is 351 g/mol. The Balaban J connectivity index is 1.59. The molecule has 3 heterocycles. The van der Waals surface area contributed by atoms with E-state index in [0.29, 0.717) is 36.5 Å². The van der Waals surface area contributed by atoms with Crippen molar-refractivity contribution in [1.29, 1.82) is 0 Å². The summed E-state index contributed by atoms with van der Waals surface area (Å²) in [5, 5.41) is 2.95. The second kappa shape index (κ2) is 6.44. The SMILES string of the molecule is Cc1ccc(C(=O)N2CCC[C@@]3(CNC(=O)c4ccccc4O3)C2)cn1. The maximum Gasteiger partial charge on any atom is 0.255 e. The number of aromatic nitrogens is 1. The summed E-state index contributed by atoms with van der Waals surface area (Å²) in [4.78, 5) is 31.2. The van der Waals surface area contributed by atoms with E-state index in [9.17, 15) is 9.59 Å². The standard InChI is InChI=1S/C20H21N3O3/c1-14-7-8-15(11-21-14)19(25)23-10-4-9-20(13-23)12-22-18(24)16-5-2-3-6-17(16)26-20/h2-3,5-8,11H,4,9-10,12-13H2,1H3,(H,22,24)/t20-/m1/s1. The summed E-state index contributed by atoms with van der Waals surface area (Å²) in [5.41, 5.74) is 1.39. The van der Waals surface area contributed by atoms with Gasteiger partial charge in [-0.2, -0.15) is 0 Å². The molecule has 134 valence electrons. The number of likely N-dealkylation sites (tertiary alicyclic amines) is 1. The molecular weight excluding hydrogens is 330 g/mol. The van der Waals surface area contributed by atoms with Crippen LogP contribution in [0.4, 0.5) is 0 Å². The summed E-state index contributed by atoms with van der Waals surface area (Å²) in [6, 6.07) is 10.9. The van der Waals surface area contributed by atoms with E-state index in [1.165, 1.54) is 0 Å². The molecule has 1 N–H and O–H groups in total. The fourth-order valence-electron chi connectivity index (χ4n) is 3.63. The van der Waals surface area contributed by atoms with E-state index in [4.69, 9.17) is 4.74 Å². The number of ether oxygens (including phenoxy) is 1. The lowest BCUT2D eigenvalue weighted by molar-refractivity contribution is -0.000877. The molecule has 1 atom stereocenters. The predicted octanol–water partition coefficient (Wildman–Crippen LogP) is 2.19. The first-order chi connectivity index (χ1) is 12.6. The van der Waals surface area contributed by atoms with Crippen LogP contribution in [0.2, 0.25) is 0 Å². The van der Waals surface area contributed by atoms with Crippen molar-refractivity contribution in [2.45, 2.75) is 25.4 Å². The largest absolute Gasteiger partial charge is 0.483 e. The van der Waals surface area contributed by atoms with Crippen LogP contribution in [-0.4, -0.2) is 46.9 Å². The molecule has 1 fully saturated rings. The summed E-state index contributed by atoms with van der Waals surface area (Å²) in [7, 11) is 0. The van der Waals surface area contributed by atoms with Crippen molar-refractivity contribution in [3.63, 3.8) is 0 Å². The van der Waals surface area contributed by atoms with Gasteiger partial charge < -0.3 is 15.0 Å². The number of hydrogen-bond acceptors (Lipinski definition) is 4. The van der Waals surface area contributed by atoms with Gasteiger partial charge in [0.25, 0.3) is 11.8 Å². The van der Waals surface area contributed by atoms with E-state index >= 15 is 0 Å². The first-order valence-corrected chi connectivity index (χ1v) is 8.85. The second-order valence-electron chi connectivity index (χ2n) is 6.98. The van der Waals surface area contributed by atoms with Crippen LogP contribution in [-0.2, 0) is 0 Å². The molecule has 1 spiro atoms. The molecule has 1 aromatic heterocycles. The Hall–Kier alpha value is -2.89. The Morgan fingerprint density at radius 1 is 1.27 bits per heavy atom. The summed E-state index contributed by atoms with van der Waals surface area (Å²) < 4.78 is 6.30. The minimum atomic E-state index is -0.603. The van der Waals surface area contributed by atoms with Crippen LogP contribution in [0.25, 0.3) is 0 Å². The van der Waals surface area contributed by atoms with Gasteiger partial charge in [0.15, 0.2) is 0 Å². The number of carbonyl (C=O) groups excluding carboxylic acids is 2. The van der Waals surface area contributed by atoms with Gasteiger partial charge in [-0.25, -0.2) is 0 Å². The van der Waals surface area contributed by atoms with Crippen LogP contribution in [0, 0.1) is 6.92 Å². The van der Waals surface area contributed by atoms with E-state index in [1.54, 1.807) is 23.2 Å². The zero-order valence-electron chi connectivity index (χ0n) is 14.7. The third kappa shape index (κ3) is 3.03. The van der Waals surface area contributed by atoms with Crippen molar-refractivity contribution >= 4 is 11.8 Å². The highest BCUT2D eigenvalue weighted by Crippen LogP contribution is 2.32. The van der Waals surface area contributed by atoms with Crippen LogP contribution in [0.15, 0.2) is 42.6 Å². The molecule has 0 saturated carbocycles. The van der Waals surface area contributed by atoms with Crippen LogP contribution in [0.3, 0.4) is 0 Å². The number of hydrogen-bond donors (Lipinski definition) is 1. The molecule has 1 saturated heterocycles. The van der Waals surface area contributed by atoms with Gasteiger partial charge in [-0.1, -0.05) is 12.1 Å². The van der Waals surface area contributed by atoms with Gasteiger partial charge in [0, 0.05) is 18.4 Å². The quantitative estimate of drug-likeness (QED) is 0.855. The smallest absolute Gasteiger partial charge is 0.255 e. The number of piperidine rings is 1. The fourth-order valence-corrected chi connectivity index (χ4v) is 3.63. The van der Waals surface area contributed by atoms with E-state index < -0.39 is 5.60 Å². The maximum atomic E-state index is 12.9. The maximum absolute atomic E-state index is 12.9. The Labute approximate surface area is 152 Å². The third-order valence-corrected chi connectivity index (χ3v) is 5.01. The number of benzene rings is 1. The molecule has 2 aromatic rings. The molecule has 6 nitrogen and oxygen atoms in total. The molecule has 2 aliphatic rings. The highest BCUT2D eigenvalue weighted by molar-refractivity contribution is 5.97. The normalized spacial score (nSPS) is 22.2. The fraction of sp³-hybridized carbons (Fsp3) is 0.350. The van der Waals surface area contributed by atoms with Gasteiger partial charge in [-0.15, -0.1) is 0 Å². The zero-order valence-corrected chi connectivity index (χ0v) is 14.7. The lowest BCUT2D eigenvalue weighted by atomic mass is 9.92.